The van der Waals surface area contributed by atoms with E-state index in [1.54, 1.807) is 84.9 Å². The van der Waals surface area contributed by atoms with Crippen LogP contribution in [0, 0.1) is 0 Å². The smallest absolute Gasteiger partial charge is 0.459 e. The molecule has 0 N–H and O–H groups in total. The lowest BCUT2D eigenvalue weighted by molar-refractivity contribution is -0.279. The van der Waals surface area contributed by atoms with Crippen molar-refractivity contribution in [1.82, 2.24) is 0 Å². The molecule has 1 heterocycles. The van der Waals surface area contributed by atoms with Crippen molar-refractivity contribution in [2.24, 2.45) is 0 Å². The molecule has 0 radical (unpaired) electrons. The van der Waals surface area contributed by atoms with E-state index in [-0.39, 0.29) is 35.5 Å². The summed E-state index contributed by atoms with van der Waals surface area (Å²) >= 11 is 0. The molecule has 4 aromatic rings. The van der Waals surface area contributed by atoms with Crippen LogP contribution in [0.5, 0.6) is 0 Å². The first-order valence-electron chi connectivity index (χ1n) is 18.4. The summed E-state index contributed by atoms with van der Waals surface area (Å²) in [6.45, 7) is 3.23. The Hall–Kier alpha value is -5.17. The summed E-state index contributed by atoms with van der Waals surface area (Å²) in [5, 5.41) is 0. The predicted octanol–water partition coefficient (Wildman–Crippen LogP) is 8.00. The molecule has 296 valence electrons. The highest BCUT2D eigenvalue weighted by atomic mass is 31.2. The molecule has 1 saturated heterocycles. The van der Waals surface area contributed by atoms with E-state index in [9.17, 15) is 23.7 Å². The fourth-order valence-corrected chi connectivity index (χ4v) is 6.80. The number of unbranched alkanes of at least 4 members (excludes halogenated alkanes) is 2. The van der Waals surface area contributed by atoms with E-state index in [1.807, 2.05) is 13.8 Å². The zero-order valence-corrected chi connectivity index (χ0v) is 32.0. The number of carbonyl (C=O) groups is 4. The van der Waals surface area contributed by atoms with Crippen molar-refractivity contribution in [3.63, 3.8) is 0 Å². The fraction of sp³-hybridized carbons (Fsp3) is 0.333. The Kier molecular flexibility index (Phi) is 15.9. The maximum Gasteiger partial charge on any atom is 0.477 e. The normalized spacial score (nSPS) is 19.4. The van der Waals surface area contributed by atoms with Crippen molar-refractivity contribution in [2.75, 3.05) is 19.8 Å². The largest absolute Gasteiger partial charge is 0.477 e. The quantitative estimate of drug-likeness (QED) is 0.0390. The van der Waals surface area contributed by atoms with Crippen LogP contribution in [0.15, 0.2) is 121 Å². The minimum Gasteiger partial charge on any atom is -0.459 e. The molecule has 5 rings (SSSR count). The number of phosphoric ester groups is 1. The monoisotopic (exact) mass is 788 g/mol. The van der Waals surface area contributed by atoms with E-state index in [0.29, 0.717) is 25.7 Å². The number of phosphoric acid groups is 1. The molecule has 1 aliphatic rings. The number of hydrogen-bond acceptors (Lipinski definition) is 13. The highest BCUT2D eigenvalue weighted by Crippen LogP contribution is 2.53. The van der Waals surface area contributed by atoms with E-state index in [2.05, 4.69) is 0 Å². The van der Waals surface area contributed by atoms with Gasteiger partial charge in [0.2, 0.25) is 6.29 Å². The number of rotatable bonds is 19. The number of hydrogen-bond donors (Lipinski definition) is 0. The van der Waals surface area contributed by atoms with Gasteiger partial charge < -0.3 is 23.7 Å². The van der Waals surface area contributed by atoms with Crippen molar-refractivity contribution in [3.8, 4) is 0 Å². The summed E-state index contributed by atoms with van der Waals surface area (Å²) in [5.74, 6) is -3.39. The first kappa shape index (κ1) is 42.0. The summed E-state index contributed by atoms with van der Waals surface area (Å²) in [7, 11) is -4.50. The van der Waals surface area contributed by atoms with Gasteiger partial charge in [0, 0.05) is 0 Å². The molecule has 0 unspecified atom stereocenters. The van der Waals surface area contributed by atoms with Gasteiger partial charge in [-0.25, -0.2) is 23.7 Å². The molecule has 1 aliphatic heterocycles. The van der Waals surface area contributed by atoms with Gasteiger partial charge in [-0.3, -0.25) is 13.6 Å². The summed E-state index contributed by atoms with van der Waals surface area (Å²) in [5.41, 5.74) is 0.572. The Labute approximate surface area is 325 Å². The Bertz CT molecular complexity index is 1880. The van der Waals surface area contributed by atoms with Crippen molar-refractivity contribution >= 4 is 31.7 Å². The first-order chi connectivity index (χ1) is 27.2. The minimum atomic E-state index is -4.50. The number of esters is 4. The predicted molar refractivity (Wildman–Crippen MR) is 203 cm³/mol. The summed E-state index contributed by atoms with van der Waals surface area (Å²) in [6.07, 6.45) is -5.96. The summed E-state index contributed by atoms with van der Waals surface area (Å²) in [4.78, 5) is 54.5. The van der Waals surface area contributed by atoms with Gasteiger partial charge in [-0.1, -0.05) is 99.5 Å². The van der Waals surface area contributed by atoms with Crippen LogP contribution in [0.4, 0.5) is 0 Å². The fourth-order valence-electron chi connectivity index (χ4n) is 5.48. The maximum absolute atomic E-state index is 14.3. The van der Waals surface area contributed by atoms with Gasteiger partial charge in [0.1, 0.15) is 12.7 Å². The lowest BCUT2D eigenvalue weighted by Gasteiger charge is -2.44. The molecule has 1 fully saturated rings. The average Bonchev–Trinajstić information content (AvgIpc) is 3.23. The van der Waals surface area contributed by atoms with Gasteiger partial charge in [0.05, 0.1) is 35.5 Å². The molecule has 0 aromatic heterocycles. The van der Waals surface area contributed by atoms with Crippen LogP contribution >= 0.6 is 7.82 Å². The molecule has 0 spiro atoms. The molecule has 13 nitrogen and oxygen atoms in total. The lowest BCUT2D eigenvalue weighted by atomic mass is 9.97. The SMILES string of the molecule is CCCCOP(=O)(OCCCC)O[C@@H]1O[C@H](COC(=O)c2ccccc2)[C@H](OC(=O)c2ccccc2)[C@H](OC(=O)c2ccccc2)[C@H]1OC(=O)c1ccccc1. The minimum absolute atomic E-state index is 0.0110. The van der Waals surface area contributed by atoms with Gasteiger partial charge in [-0.05, 0) is 61.4 Å². The zero-order chi connectivity index (χ0) is 39.8. The third-order valence-electron chi connectivity index (χ3n) is 8.46. The van der Waals surface area contributed by atoms with Crippen molar-refractivity contribution in [3.05, 3.63) is 144 Å². The summed E-state index contributed by atoms with van der Waals surface area (Å²) < 4.78 is 61.8. The van der Waals surface area contributed by atoms with Gasteiger partial charge in [0.15, 0.2) is 18.3 Å². The van der Waals surface area contributed by atoms with E-state index in [0.717, 1.165) is 0 Å². The molecule has 56 heavy (non-hydrogen) atoms. The van der Waals surface area contributed by atoms with Crippen LogP contribution in [0.25, 0.3) is 0 Å². The molecule has 5 atom stereocenters. The van der Waals surface area contributed by atoms with Crippen molar-refractivity contribution in [1.29, 1.82) is 0 Å². The number of carbonyl (C=O) groups excluding carboxylic acids is 4. The highest BCUT2D eigenvalue weighted by molar-refractivity contribution is 7.48. The van der Waals surface area contributed by atoms with Crippen LogP contribution in [0.1, 0.15) is 81.0 Å². The topological polar surface area (TPSA) is 159 Å². The van der Waals surface area contributed by atoms with Crippen LogP contribution in [0.2, 0.25) is 0 Å². The molecule has 0 bridgehead atoms. The molecule has 0 aliphatic carbocycles. The molecule has 14 heteroatoms. The standard InChI is InChI=1S/C42H45O13P/c1-3-5-27-49-56(47,50-28-6-4-2)55-42-37(54-41(46)33-25-17-10-18-26-33)36(53-40(45)32-23-15-9-16-24-32)35(52-39(44)31-21-13-8-14-22-31)34(51-42)29-48-38(43)30-19-11-7-12-20-30/h7-26,34-37,42H,3-6,27-29H2,1-2H3/t34-,35+,36+,37-,42+/m1/s1. The Morgan fingerprint density at radius 3 is 1.32 bits per heavy atom. The molecule has 4 aromatic carbocycles. The Morgan fingerprint density at radius 1 is 0.536 bits per heavy atom. The Morgan fingerprint density at radius 2 is 0.911 bits per heavy atom. The van der Waals surface area contributed by atoms with Gasteiger partial charge in [0.25, 0.3) is 0 Å². The van der Waals surface area contributed by atoms with E-state index in [1.165, 1.54) is 36.4 Å². The zero-order valence-electron chi connectivity index (χ0n) is 31.1. The molecular formula is C42H45O13P. The molecule has 0 saturated carbocycles. The van der Waals surface area contributed by atoms with E-state index >= 15 is 0 Å². The second-order valence-corrected chi connectivity index (χ2v) is 14.3. The van der Waals surface area contributed by atoms with E-state index < -0.39 is 69.0 Å². The van der Waals surface area contributed by atoms with Gasteiger partial charge >= 0.3 is 31.7 Å². The van der Waals surface area contributed by atoms with Crippen LogP contribution in [0.3, 0.4) is 0 Å². The Balaban J connectivity index is 1.60. The second kappa shape index (κ2) is 21.2. The number of ether oxygens (including phenoxy) is 5. The van der Waals surface area contributed by atoms with Crippen LogP contribution in [-0.4, -0.2) is 74.4 Å². The highest BCUT2D eigenvalue weighted by Gasteiger charge is 2.55. The van der Waals surface area contributed by atoms with Crippen molar-refractivity contribution in [2.45, 2.75) is 70.2 Å². The second-order valence-electron chi connectivity index (χ2n) is 12.6. The number of benzene rings is 4. The average molecular weight is 789 g/mol. The van der Waals surface area contributed by atoms with Crippen LogP contribution in [-0.2, 0) is 41.8 Å². The third-order valence-corrected chi connectivity index (χ3v) is 9.93. The third kappa shape index (κ3) is 11.9. The lowest BCUT2D eigenvalue weighted by Crippen LogP contribution is -2.63. The maximum atomic E-state index is 14.3. The summed E-state index contributed by atoms with van der Waals surface area (Å²) in [6, 6.07) is 32.0. The van der Waals surface area contributed by atoms with Gasteiger partial charge in [-0.2, -0.15) is 0 Å². The molecule has 0 amide bonds. The van der Waals surface area contributed by atoms with Gasteiger partial charge in [-0.15, -0.1) is 0 Å². The van der Waals surface area contributed by atoms with E-state index in [4.69, 9.17) is 37.3 Å². The van der Waals surface area contributed by atoms with Crippen LogP contribution < -0.4 is 0 Å². The molecular weight excluding hydrogens is 743 g/mol. The van der Waals surface area contributed by atoms with Crippen molar-refractivity contribution < 1.29 is 61.0 Å². The first-order valence-corrected chi connectivity index (χ1v) is 19.9.